The molecule has 0 aliphatic heterocycles. The Hall–Kier alpha value is -1.08. The molecule has 0 spiro atoms. The molecule has 1 rings (SSSR count). The highest BCUT2D eigenvalue weighted by Crippen LogP contribution is 2.21. The summed E-state index contributed by atoms with van der Waals surface area (Å²) in [6.07, 6.45) is 0.987. The lowest BCUT2D eigenvalue weighted by molar-refractivity contribution is -0.132. The molecule has 1 aromatic rings. The maximum absolute atomic E-state index is 11.8. The SMILES string of the molecule is CCOCCOC(C)C(=O)NCCNc1ncc(Cl)cc1Cl. The van der Waals surface area contributed by atoms with Gasteiger partial charge in [-0.2, -0.15) is 0 Å². The number of ether oxygens (including phenoxy) is 2. The van der Waals surface area contributed by atoms with E-state index >= 15 is 0 Å². The first-order valence-electron chi connectivity index (χ1n) is 7.06. The Morgan fingerprint density at radius 1 is 1.36 bits per heavy atom. The van der Waals surface area contributed by atoms with Crippen LogP contribution in [0.15, 0.2) is 12.3 Å². The van der Waals surface area contributed by atoms with E-state index in [1.807, 2.05) is 6.92 Å². The number of anilines is 1. The number of aromatic nitrogens is 1. The third kappa shape index (κ3) is 7.26. The summed E-state index contributed by atoms with van der Waals surface area (Å²) in [5.41, 5.74) is 0. The maximum atomic E-state index is 11.8. The molecule has 0 saturated heterocycles. The monoisotopic (exact) mass is 349 g/mol. The van der Waals surface area contributed by atoms with E-state index in [0.717, 1.165) is 0 Å². The summed E-state index contributed by atoms with van der Waals surface area (Å²) < 4.78 is 10.5. The van der Waals surface area contributed by atoms with Crippen LogP contribution in [0.4, 0.5) is 5.82 Å². The second kappa shape index (κ2) is 10.6. The number of nitrogens with one attached hydrogen (secondary N) is 2. The van der Waals surface area contributed by atoms with Crippen LogP contribution >= 0.6 is 23.2 Å². The van der Waals surface area contributed by atoms with Crippen LogP contribution < -0.4 is 10.6 Å². The van der Waals surface area contributed by atoms with Crippen molar-refractivity contribution in [1.29, 1.82) is 0 Å². The van der Waals surface area contributed by atoms with Crippen molar-refractivity contribution < 1.29 is 14.3 Å². The van der Waals surface area contributed by atoms with Crippen LogP contribution in [0.2, 0.25) is 10.0 Å². The Bertz CT molecular complexity index is 475. The van der Waals surface area contributed by atoms with Gasteiger partial charge in [0.05, 0.1) is 23.3 Å². The van der Waals surface area contributed by atoms with E-state index < -0.39 is 6.10 Å². The van der Waals surface area contributed by atoms with Gasteiger partial charge in [-0.3, -0.25) is 4.79 Å². The van der Waals surface area contributed by atoms with Gasteiger partial charge in [-0.25, -0.2) is 4.98 Å². The first-order valence-corrected chi connectivity index (χ1v) is 7.82. The predicted octanol–water partition coefficient (Wildman–Crippen LogP) is 2.36. The first-order chi connectivity index (χ1) is 10.5. The Labute approximate surface area is 140 Å². The summed E-state index contributed by atoms with van der Waals surface area (Å²) in [5.74, 6) is 0.356. The van der Waals surface area contributed by atoms with E-state index in [1.54, 1.807) is 13.0 Å². The van der Waals surface area contributed by atoms with E-state index in [0.29, 0.717) is 48.8 Å². The summed E-state index contributed by atoms with van der Waals surface area (Å²) in [6.45, 7) is 6.04. The summed E-state index contributed by atoms with van der Waals surface area (Å²) in [4.78, 5) is 15.8. The zero-order valence-electron chi connectivity index (χ0n) is 12.7. The molecule has 0 radical (unpaired) electrons. The van der Waals surface area contributed by atoms with Crippen molar-refractivity contribution in [3.05, 3.63) is 22.3 Å². The maximum Gasteiger partial charge on any atom is 0.248 e. The molecule has 0 saturated carbocycles. The molecule has 0 aliphatic rings. The van der Waals surface area contributed by atoms with Gasteiger partial charge in [-0.05, 0) is 19.9 Å². The van der Waals surface area contributed by atoms with Gasteiger partial charge in [0.1, 0.15) is 11.9 Å². The number of hydrogen-bond donors (Lipinski definition) is 2. The van der Waals surface area contributed by atoms with Crippen molar-refractivity contribution in [3.8, 4) is 0 Å². The molecule has 1 heterocycles. The van der Waals surface area contributed by atoms with Crippen molar-refractivity contribution in [2.45, 2.75) is 20.0 Å². The Kier molecular flexibility index (Phi) is 9.15. The normalized spacial score (nSPS) is 12.0. The van der Waals surface area contributed by atoms with E-state index in [2.05, 4.69) is 15.6 Å². The third-order valence-corrected chi connectivity index (χ3v) is 3.19. The molecule has 1 aromatic heterocycles. The number of nitrogens with zero attached hydrogens (tertiary/aromatic N) is 1. The smallest absolute Gasteiger partial charge is 0.248 e. The van der Waals surface area contributed by atoms with Crippen LogP contribution in [0.5, 0.6) is 0 Å². The largest absolute Gasteiger partial charge is 0.379 e. The van der Waals surface area contributed by atoms with Gasteiger partial charge in [0.15, 0.2) is 0 Å². The minimum Gasteiger partial charge on any atom is -0.379 e. The van der Waals surface area contributed by atoms with Gasteiger partial charge < -0.3 is 20.1 Å². The average Bonchev–Trinajstić information content (AvgIpc) is 2.49. The fourth-order valence-electron chi connectivity index (χ4n) is 1.56. The quantitative estimate of drug-likeness (QED) is 0.634. The van der Waals surface area contributed by atoms with Gasteiger partial charge in [-0.15, -0.1) is 0 Å². The highest BCUT2D eigenvalue weighted by Gasteiger charge is 2.12. The minimum absolute atomic E-state index is 0.173. The molecule has 0 fully saturated rings. The molecular weight excluding hydrogens is 329 g/mol. The number of carbonyl (C=O) groups is 1. The number of hydrogen-bond acceptors (Lipinski definition) is 5. The van der Waals surface area contributed by atoms with E-state index in [4.69, 9.17) is 32.7 Å². The first kappa shape index (κ1) is 19.0. The number of amides is 1. The molecule has 2 N–H and O–H groups in total. The molecule has 124 valence electrons. The highest BCUT2D eigenvalue weighted by molar-refractivity contribution is 6.35. The molecular formula is C14H21Cl2N3O3. The molecule has 0 aromatic carbocycles. The van der Waals surface area contributed by atoms with Gasteiger partial charge >= 0.3 is 0 Å². The molecule has 22 heavy (non-hydrogen) atoms. The van der Waals surface area contributed by atoms with Crippen LogP contribution in [0.3, 0.4) is 0 Å². The average molecular weight is 350 g/mol. The summed E-state index contributed by atoms with van der Waals surface area (Å²) in [7, 11) is 0. The van der Waals surface area contributed by atoms with Crippen LogP contribution in [0.25, 0.3) is 0 Å². The summed E-state index contributed by atoms with van der Waals surface area (Å²) in [5, 5.41) is 6.69. The second-order valence-corrected chi connectivity index (χ2v) is 5.26. The topological polar surface area (TPSA) is 72.5 Å². The zero-order valence-corrected chi connectivity index (χ0v) is 14.2. The van der Waals surface area contributed by atoms with Gasteiger partial charge in [0.2, 0.25) is 5.91 Å². The highest BCUT2D eigenvalue weighted by atomic mass is 35.5. The number of pyridine rings is 1. The predicted molar refractivity (Wildman–Crippen MR) is 87.7 cm³/mol. The minimum atomic E-state index is -0.516. The molecule has 0 bridgehead atoms. The lowest BCUT2D eigenvalue weighted by atomic mass is 10.3. The number of halogens is 2. The van der Waals surface area contributed by atoms with Crippen molar-refractivity contribution in [2.75, 3.05) is 38.2 Å². The third-order valence-electron chi connectivity index (χ3n) is 2.69. The van der Waals surface area contributed by atoms with Gasteiger partial charge in [-0.1, -0.05) is 23.2 Å². The molecule has 6 nitrogen and oxygen atoms in total. The Balaban J connectivity index is 2.19. The summed E-state index contributed by atoms with van der Waals surface area (Å²) in [6, 6.07) is 1.60. The Morgan fingerprint density at radius 2 is 2.14 bits per heavy atom. The fraction of sp³-hybridized carbons (Fsp3) is 0.571. The zero-order chi connectivity index (χ0) is 16.4. The number of rotatable bonds is 10. The van der Waals surface area contributed by atoms with Crippen LogP contribution in [-0.4, -0.2) is 49.9 Å². The molecule has 0 aliphatic carbocycles. The van der Waals surface area contributed by atoms with Crippen LogP contribution in [0, 0.1) is 0 Å². The lowest BCUT2D eigenvalue weighted by Gasteiger charge is -2.14. The van der Waals surface area contributed by atoms with Crippen molar-refractivity contribution in [2.24, 2.45) is 0 Å². The molecule has 1 atom stereocenters. The number of carbonyl (C=O) groups excluding carboxylic acids is 1. The van der Waals surface area contributed by atoms with E-state index in [1.165, 1.54) is 6.20 Å². The standard InChI is InChI=1S/C14H21Cl2N3O3/c1-3-21-6-7-22-10(2)14(20)18-5-4-17-13-12(16)8-11(15)9-19-13/h8-10H,3-7H2,1-2H3,(H,17,19)(H,18,20). The van der Waals surface area contributed by atoms with Crippen LogP contribution in [-0.2, 0) is 14.3 Å². The Morgan fingerprint density at radius 3 is 2.82 bits per heavy atom. The van der Waals surface area contributed by atoms with Gasteiger partial charge in [0, 0.05) is 25.9 Å². The second-order valence-electron chi connectivity index (χ2n) is 4.41. The molecule has 1 unspecified atom stereocenters. The van der Waals surface area contributed by atoms with Crippen molar-refractivity contribution in [1.82, 2.24) is 10.3 Å². The molecule has 8 heteroatoms. The summed E-state index contributed by atoms with van der Waals surface area (Å²) >= 11 is 11.7. The molecule has 1 amide bonds. The van der Waals surface area contributed by atoms with E-state index in [9.17, 15) is 4.79 Å². The van der Waals surface area contributed by atoms with Crippen LogP contribution in [0.1, 0.15) is 13.8 Å². The fourth-order valence-corrected chi connectivity index (χ4v) is 2.01. The lowest BCUT2D eigenvalue weighted by Crippen LogP contribution is -2.37. The van der Waals surface area contributed by atoms with Crippen molar-refractivity contribution >= 4 is 34.9 Å². The van der Waals surface area contributed by atoms with E-state index in [-0.39, 0.29) is 5.91 Å². The van der Waals surface area contributed by atoms with Crippen molar-refractivity contribution in [3.63, 3.8) is 0 Å². The van der Waals surface area contributed by atoms with Gasteiger partial charge in [0.25, 0.3) is 0 Å².